The van der Waals surface area contributed by atoms with Crippen LogP contribution in [0.2, 0.25) is 5.02 Å². The Hall–Kier alpha value is -1.67. The molecule has 160 valence electrons. The molecule has 1 atom stereocenters. The first-order valence-corrected chi connectivity index (χ1v) is 13.6. The Bertz CT molecular complexity index is 1210. The first kappa shape index (κ1) is 21.2. The second-order valence-corrected chi connectivity index (χ2v) is 11.0. The quantitative estimate of drug-likeness (QED) is 0.270. The minimum Gasteiger partial charge on any atom is -0.302 e. The molecule has 0 aliphatic heterocycles. The molecular formula is C23H23ClN4S3. The lowest BCUT2D eigenvalue weighted by atomic mass is 9.88. The third-order valence-electron chi connectivity index (χ3n) is 5.68. The number of thioether (sulfide) groups is 1. The van der Waals surface area contributed by atoms with Crippen LogP contribution in [0.15, 0.2) is 40.2 Å². The fraction of sp³-hybridized carbons (Fsp3) is 0.348. The van der Waals surface area contributed by atoms with Crippen molar-refractivity contribution in [3.05, 3.63) is 56.2 Å². The molecule has 31 heavy (non-hydrogen) atoms. The highest BCUT2D eigenvalue weighted by Crippen LogP contribution is 2.39. The summed E-state index contributed by atoms with van der Waals surface area (Å²) in [4.78, 5) is 6.32. The first-order chi connectivity index (χ1) is 15.1. The Kier molecular flexibility index (Phi) is 6.19. The predicted octanol–water partition coefficient (Wildman–Crippen LogP) is 7.22. The normalized spacial score (nSPS) is 15.9. The van der Waals surface area contributed by atoms with Crippen molar-refractivity contribution in [3.63, 3.8) is 0 Å². The van der Waals surface area contributed by atoms with E-state index in [4.69, 9.17) is 16.6 Å². The van der Waals surface area contributed by atoms with Gasteiger partial charge < -0.3 is 4.57 Å². The zero-order chi connectivity index (χ0) is 21.4. The van der Waals surface area contributed by atoms with E-state index in [0.29, 0.717) is 0 Å². The van der Waals surface area contributed by atoms with Crippen LogP contribution in [0.25, 0.3) is 22.0 Å². The molecule has 3 aromatic heterocycles. The second-order valence-electron chi connectivity index (χ2n) is 7.86. The molecule has 3 heterocycles. The third-order valence-corrected chi connectivity index (χ3v) is 8.99. The van der Waals surface area contributed by atoms with E-state index < -0.39 is 0 Å². The molecule has 1 aliphatic carbocycles. The fourth-order valence-corrected chi connectivity index (χ4v) is 7.40. The van der Waals surface area contributed by atoms with Crippen LogP contribution < -0.4 is 0 Å². The smallest absolute Gasteiger partial charge is 0.191 e. The highest BCUT2D eigenvalue weighted by atomic mass is 35.5. The maximum atomic E-state index is 6.33. The standard InChI is InChI=1S/C23H23ClN4S3/c1-3-28-21(18-13-29-20-10-14(2)8-9-16(18)20)26-27-23(28)31-12-15-11-30-22(25-15)17-6-4-5-7-19(17)24/h4-7,11,13-14H,3,8-10,12H2,1-2H3. The molecule has 0 N–H and O–H groups in total. The molecule has 1 aliphatic rings. The molecule has 0 bridgehead atoms. The Balaban J connectivity index is 1.35. The van der Waals surface area contributed by atoms with Crippen molar-refractivity contribution in [2.45, 2.75) is 50.6 Å². The van der Waals surface area contributed by atoms with Crippen molar-refractivity contribution in [1.29, 1.82) is 0 Å². The molecule has 4 nitrogen and oxygen atoms in total. The Labute approximate surface area is 199 Å². The zero-order valence-corrected chi connectivity index (χ0v) is 20.7. The summed E-state index contributed by atoms with van der Waals surface area (Å²) >= 11 is 11.5. The van der Waals surface area contributed by atoms with Gasteiger partial charge in [0.15, 0.2) is 11.0 Å². The van der Waals surface area contributed by atoms with E-state index >= 15 is 0 Å². The van der Waals surface area contributed by atoms with Gasteiger partial charge in [-0.3, -0.25) is 0 Å². The molecule has 1 unspecified atom stereocenters. The van der Waals surface area contributed by atoms with E-state index in [9.17, 15) is 0 Å². The van der Waals surface area contributed by atoms with Crippen molar-refractivity contribution in [2.24, 2.45) is 5.92 Å². The van der Waals surface area contributed by atoms with E-state index in [1.807, 2.05) is 35.6 Å². The number of nitrogens with zero attached hydrogens (tertiary/aromatic N) is 4. The molecule has 1 aromatic carbocycles. The average Bonchev–Trinajstić information content (AvgIpc) is 3.50. The van der Waals surface area contributed by atoms with Gasteiger partial charge in [0.05, 0.1) is 10.7 Å². The molecule has 0 radical (unpaired) electrons. The molecule has 5 rings (SSSR count). The van der Waals surface area contributed by atoms with Crippen LogP contribution in [-0.4, -0.2) is 19.7 Å². The molecule has 0 spiro atoms. The highest BCUT2D eigenvalue weighted by molar-refractivity contribution is 7.98. The molecule has 0 saturated carbocycles. The van der Waals surface area contributed by atoms with E-state index in [-0.39, 0.29) is 0 Å². The van der Waals surface area contributed by atoms with Gasteiger partial charge in [0, 0.05) is 39.1 Å². The number of thiophene rings is 1. The van der Waals surface area contributed by atoms with E-state index in [2.05, 4.69) is 39.4 Å². The SMILES string of the molecule is CCn1c(SCc2csc(-c3ccccc3Cl)n2)nnc1-c1csc2c1CCC(C)C2. The van der Waals surface area contributed by atoms with E-state index in [0.717, 1.165) is 56.9 Å². The minimum atomic E-state index is 0.736. The van der Waals surface area contributed by atoms with Crippen LogP contribution in [0, 0.1) is 5.92 Å². The number of thiazole rings is 1. The van der Waals surface area contributed by atoms with Crippen LogP contribution in [0.1, 0.15) is 36.4 Å². The van der Waals surface area contributed by atoms with Crippen LogP contribution in [-0.2, 0) is 25.1 Å². The van der Waals surface area contributed by atoms with E-state index in [1.54, 1.807) is 23.1 Å². The maximum Gasteiger partial charge on any atom is 0.191 e. The van der Waals surface area contributed by atoms with Gasteiger partial charge in [0.25, 0.3) is 0 Å². The maximum absolute atomic E-state index is 6.33. The zero-order valence-electron chi connectivity index (χ0n) is 17.5. The summed E-state index contributed by atoms with van der Waals surface area (Å²) in [6.07, 6.45) is 3.60. The van der Waals surface area contributed by atoms with Crippen LogP contribution in [0.4, 0.5) is 0 Å². The number of rotatable bonds is 6. The van der Waals surface area contributed by atoms with Crippen molar-refractivity contribution in [1.82, 2.24) is 19.7 Å². The monoisotopic (exact) mass is 486 g/mol. The fourth-order valence-electron chi connectivity index (χ4n) is 4.01. The Morgan fingerprint density at radius 2 is 2.03 bits per heavy atom. The van der Waals surface area contributed by atoms with Crippen LogP contribution >= 0.6 is 46.0 Å². The lowest BCUT2D eigenvalue weighted by Gasteiger charge is -2.19. The molecule has 0 amide bonds. The summed E-state index contributed by atoms with van der Waals surface area (Å²) in [6.45, 7) is 5.37. The number of aromatic nitrogens is 4. The summed E-state index contributed by atoms with van der Waals surface area (Å²) in [6, 6.07) is 7.85. The van der Waals surface area contributed by atoms with Crippen molar-refractivity contribution in [3.8, 4) is 22.0 Å². The van der Waals surface area contributed by atoms with Gasteiger partial charge in [-0.15, -0.1) is 32.9 Å². The lowest BCUT2D eigenvalue weighted by Crippen LogP contribution is -2.10. The Morgan fingerprint density at radius 3 is 2.87 bits per heavy atom. The van der Waals surface area contributed by atoms with Gasteiger partial charge in [0.1, 0.15) is 5.01 Å². The van der Waals surface area contributed by atoms with Crippen molar-refractivity contribution < 1.29 is 0 Å². The topological polar surface area (TPSA) is 43.6 Å². The highest BCUT2D eigenvalue weighted by Gasteiger charge is 2.24. The van der Waals surface area contributed by atoms with Gasteiger partial charge in [-0.25, -0.2) is 4.98 Å². The third kappa shape index (κ3) is 4.21. The number of halogens is 1. The summed E-state index contributed by atoms with van der Waals surface area (Å²) < 4.78 is 2.24. The van der Waals surface area contributed by atoms with Gasteiger partial charge in [-0.2, -0.15) is 0 Å². The van der Waals surface area contributed by atoms with Gasteiger partial charge in [-0.1, -0.05) is 48.5 Å². The van der Waals surface area contributed by atoms with Crippen LogP contribution in [0.3, 0.4) is 0 Å². The molecule has 0 fully saturated rings. The van der Waals surface area contributed by atoms with Crippen molar-refractivity contribution in [2.75, 3.05) is 0 Å². The van der Waals surface area contributed by atoms with Gasteiger partial charge >= 0.3 is 0 Å². The summed E-state index contributed by atoms with van der Waals surface area (Å²) in [5.41, 5.74) is 4.80. The molecule has 0 saturated heterocycles. The van der Waals surface area contributed by atoms with Gasteiger partial charge in [-0.05, 0) is 43.7 Å². The predicted molar refractivity (Wildman–Crippen MR) is 132 cm³/mol. The molecular weight excluding hydrogens is 464 g/mol. The van der Waals surface area contributed by atoms with Crippen LogP contribution in [0.5, 0.6) is 0 Å². The van der Waals surface area contributed by atoms with Crippen molar-refractivity contribution >= 4 is 46.0 Å². The minimum absolute atomic E-state index is 0.736. The number of benzene rings is 1. The lowest BCUT2D eigenvalue weighted by molar-refractivity contribution is 0.508. The average molecular weight is 487 g/mol. The van der Waals surface area contributed by atoms with Gasteiger partial charge in [0.2, 0.25) is 0 Å². The second kappa shape index (κ2) is 9.06. The summed E-state index contributed by atoms with van der Waals surface area (Å²) in [7, 11) is 0. The largest absolute Gasteiger partial charge is 0.302 e. The first-order valence-electron chi connectivity index (χ1n) is 10.5. The Morgan fingerprint density at radius 1 is 1.16 bits per heavy atom. The number of hydrogen-bond acceptors (Lipinski definition) is 6. The summed E-state index contributed by atoms with van der Waals surface area (Å²) in [5, 5.41) is 16.2. The molecule has 4 aromatic rings. The number of fused-ring (bicyclic) bond motifs is 1. The van der Waals surface area contributed by atoms with E-state index in [1.165, 1.54) is 28.8 Å². The summed E-state index contributed by atoms with van der Waals surface area (Å²) in [5.74, 6) is 2.55. The number of hydrogen-bond donors (Lipinski definition) is 0. The molecule has 8 heteroatoms.